The monoisotopic (exact) mass is 424 g/mol. The van der Waals surface area contributed by atoms with E-state index in [2.05, 4.69) is 0 Å². The maximum Gasteiger partial charge on any atom is 0.194 e. The van der Waals surface area contributed by atoms with Crippen LogP contribution in [-0.4, -0.2) is 5.78 Å². The molecule has 0 amide bonds. The van der Waals surface area contributed by atoms with Crippen molar-refractivity contribution < 1.29 is 9.36 Å². The van der Waals surface area contributed by atoms with Crippen molar-refractivity contribution in [2.24, 2.45) is 0 Å². The van der Waals surface area contributed by atoms with Crippen LogP contribution in [0.3, 0.4) is 0 Å². The molecule has 2 nitrogen and oxygen atoms in total. The number of benzene rings is 4. The van der Waals surface area contributed by atoms with Gasteiger partial charge in [-0.25, -0.2) is 0 Å². The second-order valence-electron chi connectivity index (χ2n) is 7.81. The average Bonchev–Trinajstić information content (AvgIpc) is 2.83. The van der Waals surface area contributed by atoms with Gasteiger partial charge >= 0.3 is 0 Å². The third kappa shape index (κ3) is 3.69. The highest BCUT2D eigenvalue weighted by Gasteiger charge is 2.33. The van der Waals surface area contributed by atoms with Gasteiger partial charge in [-0.2, -0.15) is 0 Å². The second-order valence-corrected chi connectivity index (χ2v) is 10.5. The van der Waals surface area contributed by atoms with E-state index >= 15 is 0 Å². The van der Waals surface area contributed by atoms with Gasteiger partial charge in [0.15, 0.2) is 12.9 Å². The summed E-state index contributed by atoms with van der Waals surface area (Å²) in [6.07, 6.45) is 0. The number of ketones is 1. The maximum atomic E-state index is 14.8. The van der Waals surface area contributed by atoms with Crippen molar-refractivity contribution in [1.29, 1.82) is 0 Å². The molecule has 3 heteroatoms. The summed E-state index contributed by atoms with van der Waals surface area (Å²) in [6.45, 7) is 6.06. The van der Waals surface area contributed by atoms with E-state index in [1.807, 2.05) is 112 Å². The predicted octanol–water partition coefficient (Wildman–Crippen LogP) is 5.48. The zero-order valence-electron chi connectivity index (χ0n) is 18.0. The quantitative estimate of drug-likeness (QED) is 0.314. The van der Waals surface area contributed by atoms with E-state index in [4.69, 9.17) is 0 Å². The Bertz CT molecular complexity index is 1250. The molecule has 4 aromatic carbocycles. The molecule has 0 aliphatic carbocycles. The molecule has 0 bridgehead atoms. The van der Waals surface area contributed by atoms with Gasteiger partial charge in [-0.15, -0.1) is 0 Å². The van der Waals surface area contributed by atoms with Gasteiger partial charge in [-0.05, 0) is 37.5 Å². The minimum Gasteiger partial charge on any atom is -0.309 e. The summed E-state index contributed by atoms with van der Waals surface area (Å²) in [5.41, 5.74) is 4.38. The van der Waals surface area contributed by atoms with Crippen molar-refractivity contribution >= 4 is 28.8 Å². The fraction of sp³-hybridized carbons (Fsp3) is 0.107. The fourth-order valence-corrected chi connectivity index (χ4v) is 6.84. The Hall–Kier alpha value is -3.22. The normalized spacial score (nSPS) is 11.3. The smallest absolute Gasteiger partial charge is 0.194 e. The van der Waals surface area contributed by atoms with Crippen molar-refractivity contribution in [1.82, 2.24) is 0 Å². The van der Waals surface area contributed by atoms with E-state index in [0.29, 0.717) is 16.4 Å². The molecule has 154 valence electrons. The highest BCUT2D eigenvalue weighted by Crippen LogP contribution is 2.43. The number of rotatable bonds is 5. The van der Waals surface area contributed by atoms with Gasteiger partial charge in [0.1, 0.15) is 0 Å². The van der Waals surface area contributed by atoms with Gasteiger partial charge in [-0.1, -0.05) is 97.1 Å². The third-order valence-corrected chi connectivity index (χ3v) is 9.15. The lowest BCUT2D eigenvalue weighted by molar-refractivity contribution is 0.103. The van der Waals surface area contributed by atoms with Crippen molar-refractivity contribution in [3.63, 3.8) is 0 Å². The number of carbonyl (C=O) groups is 1. The summed E-state index contributed by atoms with van der Waals surface area (Å²) < 4.78 is 14.8. The Morgan fingerprint density at radius 2 is 1.10 bits per heavy atom. The standard InChI is InChI=1S/C28H25O2P/c1-20-18-19-25(22(3)21(20)2)28(29)26-16-10-11-17-27(26)31(30,23-12-6-4-7-13-23)24-14-8-5-9-15-24/h4-19H,1-3H3. The van der Waals surface area contributed by atoms with Crippen LogP contribution >= 0.6 is 7.14 Å². The molecule has 31 heavy (non-hydrogen) atoms. The molecular formula is C28H25O2P. The highest BCUT2D eigenvalue weighted by molar-refractivity contribution is 7.85. The lowest BCUT2D eigenvalue weighted by Crippen LogP contribution is -2.29. The zero-order valence-corrected chi connectivity index (χ0v) is 18.9. The summed E-state index contributed by atoms with van der Waals surface area (Å²) in [5, 5.41) is 2.02. The SMILES string of the molecule is Cc1ccc(C(=O)c2ccccc2P(=O)(c2ccccc2)c2ccccc2)c(C)c1C. The Morgan fingerprint density at radius 3 is 1.68 bits per heavy atom. The van der Waals surface area contributed by atoms with Crippen LogP contribution < -0.4 is 15.9 Å². The first kappa shape index (κ1) is 21.0. The fourth-order valence-electron chi connectivity index (χ4n) is 3.99. The molecule has 0 radical (unpaired) electrons. The average molecular weight is 424 g/mol. The minimum atomic E-state index is -3.25. The maximum absolute atomic E-state index is 14.8. The third-order valence-electron chi connectivity index (χ3n) is 6.03. The summed E-state index contributed by atoms with van der Waals surface area (Å²) in [5.74, 6) is -0.0942. The topological polar surface area (TPSA) is 34.1 Å². The van der Waals surface area contributed by atoms with E-state index in [1.54, 1.807) is 6.07 Å². The van der Waals surface area contributed by atoms with Gasteiger partial charge in [0.2, 0.25) is 0 Å². The predicted molar refractivity (Wildman–Crippen MR) is 130 cm³/mol. The summed E-state index contributed by atoms with van der Waals surface area (Å²) in [7, 11) is -3.25. The van der Waals surface area contributed by atoms with E-state index in [1.165, 1.54) is 0 Å². The molecule has 0 saturated heterocycles. The molecule has 0 heterocycles. The molecule has 4 aromatic rings. The summed E-state index contributed by atoms with van der Waals surface area (Å²) >= 11 is 0. The molecule has 0 unspecified atom stereocenters. The Labute approximate surface area is 184 Å². The minimum absolute atomic E-state index is 0.0942. The summed E-state index contributed by atoms with van der Waals surface area (Å²) in [6, 6.07) is 30.1. The first-order valence-electron chi connectivity index (χ1n) is 10.4. The van der Waals surface area contributed by atoms with E-state index in [-0.39, 0.29) is 5.78 Å². The van der Waals surface area contributed by atoms with Crippen molar-refractivity contribution in [2.75, 3.05) is 0 Å². The Morgan fingerprint density at radius 1 is 0.581 bits per heavy atom. The number of hydrogen-bond acceptors (Lipinski definition) is 2. The highest BCUT2D eigenvalue weighted by atomic mass is 31.2. The first-order chi connectivity index (χ1) is 14.9. The van der Waals surface area contributed by atoms with E-state index in [0.717, 1.165) is 27.3 Å². The van der Waals surface area contributed by atoms with Crippen molar-refractivity contribution in [3.8, 4) is 0 Å². The number of hydrogen-bond donors (Lipinski definition) is 0. The van der Waals surface area contributed by atoms with Crippen LogP contribution in [-0.2, 0) is 4.57 Å². The largest absolute Gasteiger partial charge is 0.309 e. The zero-order chi connectivity index (χ0) is 22.0. The lowest BCUT2D eigenvalue weighted by atomic mass is 9.93. The lowest BCUT2D eigenvalue weighted by Gasteiger charge is -2.22. The van der Waals surface area contributed by atoms with Crippen LogP contribution in [0.25, 0.3) is 0 Å². The molecule has 0 N–H and O–H groups in total. The van der Waals surface area contributed by atoms with Crippen LogP contribution in [0.15, 0.2) is 97.1 Å². The van der Waals surface area contributed by atoms with Crippen molar-refractivity contribution in [3.05, 3.63) is 125 Å². The van der Waals surface area contributed by atoms with Crippen LogP contribution in [0.1, 0.15) is 32.6 Å². The molecule has 0 saturated carbocycles. The van der Waals surface area contributed by atoms with E-state index < -0.39 is 7.14 Å². The Kier molecular flexibility index (Phi) is 5.76. The number of aryl methyl sites for hydroxylation is 1. The molecule has 0 aliphatic heterocycles. The number of carbonyl (C=O) groups excluding carboxylic acids is 1. The van der Waals surface area contributed by atoms with Gasteiger partial charge in [0.25, 0.3) is 0 Å². The molecule has 0 spiro atoms. The van der Waals surface area contributed by atoms with Gasteiger partial charge in [0, 0.05) is 27.0 Å². The Balaban J connectivity index is 1.98. The van der Waals surface area contributed by atoms with Crippen LogP contribution in [0.5, 0.6) is 0 Å². The van der Waals surface area contributed by atoms with Crippen molar-refractivity contribution in [2.45, 2.75) is 20.8 Å². The van der Waals surface area contributed by atoms with Crippen LogP contribution in [0.4, 0.5) is 0 Å². The van der Waals surface area contributed by atoms with Crippen LogP contribution in [0, 0.1) is 20.8 Å². The molecule has 0 atom stereocenters. The molecule has 0 aromatic heterocycles. The van der Waals surface area contributed by atoms with Gasteiger partial charge in [0.05, 0.1) is 0 Å². The molecular weight excluding hydrogens is 399 g/mol. The molecule has 0 fully saturated rings. The molecule has 0 aliphatic rings. The van der Waals surface area contributed by atoms with Gasteiger partial charge < -0.3 is 4.57 Å². The summed E-state index contributed by atoms with van der Waals surface area (Å²) in [4.78, 5) is 13.7. The van der Waals surface area contributed by atoms with Crippen LogP contribution in [0.2, 0.25) is 0 Å². The second kappa shape index (κ2) is 8.49. The van der Waals surface area contributed by atoms with Gasteiger partial charge in [-0.3, -0.25) is 4.79 Å². The van der Waals surface area contributed by atoms with E-state index in [9.17, 15) is 9.36 Å². The molecule has 4 rings (SSSR count). The first-order valence-corrected chi connectivity index (χ1v) is 12.1.